The van der Waals surface area contributed by atoms with E-state index >= 15 is 0 Å². The summed E-state index contributed by atoms with van der Waals surface area (Å²) in [5, 5.41) is 0. The van der Waals surface area contributed by atoms with E-state index in [-0.39, 0.29) is 23.6 Å². The highest BCUT2D eigenvalue weighted by Gasteiger charge is 2.70. The van der Waals surface area contributed by atoms with Crippen LogP contribution in [-0.2, 0) is 14.2 Å². The number of hydrogen-bond donors (Lipinski definition) is 0. The number of rotatable bonds is 2. The summed E-state index contributed by atoms with van der Waals surface area (Å²) in [6, 6.07) is 1.02. The van der Waals surface area contributed by atoms with Crippen LogP contribution < -0.4 is 0 Å². The molecule has 2 spiro atoms. The van der Waals surface area contributed by atoms with Crippen molar-refractivity contribution >= 4 is 6.21 Å². The number of morpholine rings is 1. The highest BCUT2D eigenvalue weighted by Crippen LogP contribution is 2.64. The van der Waals surface area contributed by atoms with Crippen LogP contribution in [0.5, 0.6) is 0 Å². The van der Waals surface area contributed by atoms with Crippen LogP contribution >= 0.6 is 0 Å². The molecule has 3 aliphatic heterocycles. The largest absolute Gasteiger partial charge is 0.381 e. The fraction of sp³-hybridized carbons (Fsp3) is 0.967. The van der Waals surface area contributed by atoms with Gasteiger partial charge in [0.25, 0.3) is 0 Å². The number of methoxy groups -OCH3 is 1. The lowest BCUT2D eigenvalue weighted by Gasteiger charge is -2.58. The maximum atomic E-state index is 14.8. The first-order chi connectivity index (χ1) is 18.1. The molecule has 10 unspecified atom stereocenters. The lowest BCUT2D eigenvalue weighted by atomic mass is 9.58. The van der Waals surface area contributed by atoms with Crippen LogP contribution in [0.15, 0.2) is 4.99 Å². The Labute approximate surface area is 222 Å². The van der Waals surface area contributed by atoms with Crippen LogP contribution in [0, 0.1) is 23.2 Å². The maximum Gasteiger partial charge on any atom is 0.163 e. The van der Waals surface area contributed by atoms with Crippen LogP contribution in [0.1, 0.15) is 77.0 Å². The van der Waals surface area contributed by atoms with Gasteiger partial charge < -0.3 is 14.2 Å². The zero-order valence-electron chi connectivity index (χ0n) is 23.0. The summed E-state index contributed by atoms with van der Waals surface area (Å²) in [6.07, 6.45) is 15.2. The van der Waals surface area contributed by atoms with Gasteiger partial charge in [-0.05, 0) is 82.6 Å². The number of aliphatic imine (C=N–C) groups is 1. The number of hydrogen-bond acceptors (Lipinski definition) is 6. The Balaban J connectivity index is 1.25. The molecular formula is C30H48FN3O3. The van der Waals surface area contributed by atoms with Crippen molar-refractivity contribution in [3.63, 3.8) is 0 Å². The third-order valence-corrected chi connectivity index (χ3v) is 12.2. The van der Waals surface area contributed by atoms with Gasteiger partial charge in [0, 0.05) is 43.9 Å². The molecule has 6 fully saturated rings. The number of fused-ring (bicyclic) bond motifs is 6. The molecule has 7 heteroatoms. The van der Waals surface area contributed by atoms with E-state index in [0.717, 1.165) is 58.4 Å². The van der Waals surface area contributed by atoms with Crippen LogP contribution in [0.25, 0.3) is 0 Å². The molecule has 7 aliphatic rings. The first-order valence-corrected chi connectivity index (χ1v) is 15.5. The Morgan fingerprint density at radius 2 is 1.76 bits per heavy atom. The SMILES string of the molecule is COC1CCC2C(C1)C(N1CCOCC1)CC1OC3(C=NC12)N(C)C1CC(F)CCC1C31CCCCC1. The van der Waals surface area contributed by atoms with E-state index in [1.165, 1.54) is 38.5 Å². The lowest BCUT2D eigenvalue weighted by molar-refractivity contribution is -0.218. The molecule has 6 nitrogen and oxygen atoms in total. The number of nitrogens with zero attached hydrogens (tertiary/aromatic N) is 3. The molecule has 10 atom stereocenters. The van der Waals surface area contributed by atoms with Gasteiger partial charge in [-0.3, -0.25) is 14.8 Å². The average molecular weight is 518 g/mol. The summed E-state index contributed by atoms with van der Waals surface area (Å²) in [5.41, 5.74) is -0.390. The van der Waals surface area contributed by atoms with Crippen LogP contribution in [0.3, 0.4) is 0 Å². The molecule has 0 amide bonds. The summed E-state index contributed by atoms with van der Waals surface area (Å²) >= 11 is 0. The van der Waals surface area contributed by atoms with Crippen molar-refractivity contribution in [1.29, 1.82) is 0 Å². The van der Waals surface area contributed by atoms with Crippen LogP contribution in [0.4, 0.5) is 4.39 Å². The number of likely N-dealkylation sites (tertiary alicyclic amines) is 1. The van der Waals surface area contributed by atoms with Crippen molar-refractivity contribution in [2.75, 3.05) is 40.5 Å². The van der Waals surface area contributed by atoms with E-state index < -0.39 is 11.9 Å². The van der Waals surface area contributed by atoms with Crippen molar-refractivity contribution < 1.29 is 18.6 Å². The van der Waals surface area contributed by atoms with Crippen molar-refractivity contribution in [3.05, 3.63) is 0 Å². The van der Waals surface area contributed by atoms with Crippen LogP contribution in [0.2, 0.25) is 0 Å². The predicted molar refractivity (Wildman–Crippen MR) is 142 cm³/mol. The molecule has 4 saturated carbocycles. The average Bonchev–Trinajstić information content (AvgIpc) is 3.12. The Bertz CT molecular complexity index is 861. The number of alkyl halides is 1. The monoisotopic (exact) mass is 517 g/mol. The predicted octanol–water partition coefficient (Wildman–Crippen LogP) is 4.46. The van der Waals surface area contributed by atoms with Crippen molar-refractivity contribution in [2.24, 2.45) is 28.2 Å². The summed E-state index contributed by atoms with van der Waals surface area (Å²) in [5.74, 6) is 1.68. The minimum atomic E-state index is -0.676. The van der Waals surface area contributed by atoms with E-state index in [4.69, 9.17) is 19.2 Å². The first-order valence-electron chi connectivity index (χ1n) is 15.5. The van der Waals surface area contributed by atoms with Crippen molar-refractivity contribution in [3.8, 4) is 0 Å². The molecule has 37 heavy (non-hydrogen) atoms. The Morgan fingerprint density at radius 1 is 0.946 bits per heavy atom. The second-order valence-corrected chi connectivity index (χ2v) is 13.5. The van der Waals surface area contributed by atoms with Crippen LogP contribution in [-0.4, -0.2) is 98.7 Å². The molecule has 0 aromatic rings. The van der Waals surface area contributed by atoms with Crippen molar-refractivity contribution in [2.45, 2.75) is 119 Å². The normalized spacial score (nSPS) is 50.1. The summed E-state index contributed by atoms with van der Waals surface area (Å²) in [7, 11) is 4.12. The van der Waals surface area contributed by atoms with Crippen molar-refractivity contribution in [1.82, 2.24) is 9.80 Å². The van der Waals surface area contributed by atoms with Gasteiger partial charge in [-0.2, -0.15) is 0 Å². The van der Waals surface area contributed by atoms with Gasteiger partial charge in [0.2, 0.25) is 0 Å². The Kier molecular flexibility index (Phi) is 6.72. The van der Waals surface area contributed by atoms with E-state index in [1.54, 1.807) is 0 Å². The van der Waals surface area contributed by atoms with E-state index in [0.29, 0.717) is 36.3 Å². The van der Waals surface area contributed by atoms with E-state index in [1.807, 2.05) is 7.11 Å². The Hall–Kier alpha value is -0.600. The Morgan fingerprint density at radius 3 is 2.54 bits per heavy atom. The molecular weight excluding hydrogens is 469 g/mol. The molecule has 3 heterocycles. The van der Waals surface area contributed by atoms with Gasteiger partial charge >= 0.3 is 0 Å². The second kappa shape index (κ2) is 9.79. The lowest BCUT2D eigenvalue weighted by Crippen LogP contribution is -2.67. The maximum absolute atomic E-state index is 14.8. The minimum absolute atomic E-state index is 0.0816. The topological polar surface area (TPSA) is 46.5 Å². The molecule has 0 N–H and O–H groups in total. The minimum Gasteiger partial charge on any atom is -0.381 e. The van der Waals surface area contributed by atoms with E-state index in [2.05, 4.69) is 23.1 Å². The third kappa shape index (κ3) is 3.84. The third-order valence-electron chi connectivity index (χ3n) is 12.2. The molecule has 208 valence electrons. The van der Waals surface area contributed by atoms with Gasteiger partial charge in [-0.1, -0.05) is 19.3 Å². The smallest absolute Gasteiger partial charge is 0.163 e. The van der Waals surface area contributed by atoms with Gasteiger partial charge in [0.05, 0.1) is 31.5 Å². The van der Waals surface area contributed by atoms with E-state index in [9.17, 15) is 4.39 Å². The zero-order valence-corrected chi connectivity index (χ0v) is 23.0. The molecule has 7 rings (SSSR count). The molecule has 0 bridgehead atoms. The number of halogens is 1. The highest BCUT2D eigenvalue weighted by atomic mass is 19.1. The first kappa shape index (κ1) is 25.4. The fourth-order valence-electron chi connectivity index (χ4n) is 10.6. The fourth-order valence-corrected chi connectivity index (χ4v) is 10.6. The van der Waals surface area contributed by atoms with Gasteiger partial charge in [0.15, 0.2) is 5.72 Å². The standard InChI is InChI=1S/C30H48FN3O3/c1-33-26-16-20(31)6-9-24(26)29(10-4-3-5-11-29)30(33)19-32-28-22-8-7-21(35-2)17-23(22)25(18-27(28)37-30)34-12-14-36-15-13-34/h19-28H,3-18H2,1-2H3. The molecule has 4 aliphatic carbocycles. The van der Waals surface area contributed by atoms with Gasteiger partial charge in [-0.15, -0.1) is 0 Å². The quantitative estimate of drug-likeness (QED) is 0.541. The second-order valence-electron chi connectivity index (χ2n) is 13.5. The van der Waals surface area contributed by atoms with Gasteiger partial charge in [0.1, 0.15) is 6.17 Å². The highest BCUT2D eigenvalue weighted by molar-refractivity contribution is 5.72. The summed E-state index contributed by atoms with van der Waals surface area (Å²) in [4.78, 5) is 10.7. The van der Waals surface area contributed by atoms with Gasteiger partial charge in [-0.25, -0.2) is 4.39 Å². The molecule has 0 aromatic carbocycles. The molecule has 2 saturated heterocycles. The molecule has 0 aromatic heterocycles. The zero-order chi connectivity index (χ0) is 25.2. The summed E-state index contributed by atoms with van der Waals surface area (Å²) in [6.45, 7) is 3.70. The number of ether oxygens (including phenoxy) is 3. The summed E-state index contributed by atoms with van der Waals surface area (Å²) < 4.78 is 33.9. The molecule has 0 radical (unpaired) electrons.